The van der Waals surface area contributed by atoms with Crippen molar-refractivity contribution in [3.8, 4) is 17.2 Å². The standard InChI is InChI=1S/C17H19NO4/c1-12-4-6-13(7-5-12)22-11-17(19)18-15-10-14(20-2)8-9-16(15)21-3/h4-10H,11H2,1-3H3,(H,18,19). The van der Waals surface area contributed by atoms with Gasteiger partial charge in [-0.2, -0.15) is 0 Å². The van der Waals surface area contributed by atoms with Crippen LogP contribution in [0.25, 0.3) is 0 Å². The number of carbonyl (C=O) groups is 1. The molecular weight excluding hydrogens is 282 g/mol. The maximum atomic E-state index is 12.0. The van der Waals surface area contributed by atoms with E-state index >= 15 is 0 Å². The van der Waals surface area contributed by atoms with Crippen molar-refractivity contribution in [1.29, 1.82) is 0 Å². The molecule has 1 amide bonds. The van der Waals surface area contributed by atoms with E-state index in [0.717, 1.165) is 5.56 Å². The molecule has 0 aliphatic heterocycles. The van der Waals surface area contributed by atoms with E-state index in [1.165, 1.54) is 0 Å². The molecule has 5 heteroatoms. The Labute approximate surface area is 129 Å². The normalized spacial score (nSPS) is 9.95. The second-order valence-corrected chi connectivity index (χ2v) is 4.72. The van der Waals surface area contributed by atoms with Crippen LogP contribution < -0.4 is 19.5 Å². The largest absolute Gasteiger partial charge is 0.497 e. The topological polar surface area (TPSA) is 56.8 Å². The molecule has 0 saturated heterocycles. The Kier molecular flexibility index (Phi) is 5.25. The Morgan fingerprint density at radius 1 is 1.00 bits per heavy atom. The van der Waals surface area contributed by atoms with Gasteiger partial charge in [0, 0.05) is 6.07 Å². The summed E-state index contributed by atoms with van der Waals surface area (Å²) in [6.45, 7) is 1.91. The van der Waals surface area contributed by atoms with Crippen LogP contribution in [0.2, 0.25) is 0 Å². The average molecular weight is 301 g/mol. The van der Waals surface area contributed by atoms with Gasteiger partial charge < -0.3 is 19.5 Å². The van der Waals surface area contributed by atoms with Crippen LogP contribution in [-0.4, -0.2) is 26.7 Å². The van der Waals surface area contributed by atoms with Gasteiger partial charge in [0.05, 0.1) is 19.9 Å². The summed E-state index contributed by atoms with van der Waals surface area (Å²) in [5.74, 6) is 1.57. The van der Waals surface area contributed by atoms with Crippen molar-refractivity contribution in [2.24, 2.45) is 0 Å². The molecule has 5 nitrogen and oxygen atoms in total. The number of benzene rings is 2. The van der Waals surface area contributed by atoms with Crippen LogP contribution in [-0.2, 0) is 4.79 Å². The maximum absolute atomic E-state index is 12.0. The lowest BCUT2D eigenvalue weighted by atomic mass is 10.2. The molecule has 0 saturated carbocycles. The highest BCUT2D eigenvalue weighted by molar-refractivity contribution is 5.93. The van der Waals surface area contributed by atoms with E-state index < -0.39 is 0 Å². The number of methoxy groups -OCH3 is 2. The minimum atomic E-state index is -0.271. The number of amides is 1. The van der Waals surface area contributed by atoms with Crippen molar-refractivity contribution in [3.63, 3.8) is 0 Å². The zero-order valence-corrected chi connectivity index (χ0v) is 12.9. The molecule has 0 aliphatic carbocycles. The van der Waals surface area contributed by atoms with Crippen LogP contribution in [0.3, 0.4) is 0 Å². The molecule has 0 atom stereocenters. The van der Waals surface area contributed by atoms with Crippen molar-refractivity contribution < 1.29 is 19.0 Å². The van der Waals surface area contributed by atoms with Gasteiger partial charge in [0.15, 0.2) is 6.61 Å². The number of aryl methyl sites for hydroxylation is 1. The lowest BCUT2D eigenvalue weighted by Crippen LogP contribution is -2.20. The highest BCUT2D eigenvalue weighted by atomic mass is 16.5. The number of rotatable bonds is 6. The third-order valence-electron chi connectivity index (χ3n) is 3.07. The molecule has 2 aromatic rings. The monoisotopic (exact) mass is 301 g/mol. The first kappa shape index (κ1) is 15.7. The molecule has 0 heterocycles. The van der Waals surface area contributed by atoms with Gasteiger partial charge in [0.1, 0.15) is 17.2 Å². The van der Waals surface area contributed by atoms with E-state index in [2.05, 4.69) is 5.32 Å². The van der Waals surface area contributed by atoms with Crippen molar-refractivity contribution in [3.05, 3.63) is 48.0 Å². The Morgan fingerprint density at radius 2 is 1.68 bits per heavy atom. The summed E-state index contributed by atoms with van der Waals surface area (Å²) >= 11 is 0. The molecule has 0 fully saturated rings. The molecule has 2 aromatic carbocycles. The summed E-state index contributed by atoms with van der Waals surface area (Å²) in [5, 5.41) is 2.75. The maximum Gasteiger partial charge on any atom is 0.262 e. The molecule has 22 heavy (non-hydrogen) atoms. The number of hydrogen-bond acceptors (Lipinski definition) is 4. The molecule has 0 unspecified atom stereocenters. The quantitative estimate of drug-likeness (QED) is 0.891. The lowest BCUT2D eigenvalue weighted by Gasteiger charge is -2.12. The molecule has 0 aliphatic rings. The third-order valence-corrected chi connectivity index (χ3v) is 3.07. The molecule has 0 radical (unpaired) electrons. The van der Waals surface area contributed by atoms with Gasteiger partial charge in [-0.15, -0.1) is 0 Å². The van der Waals surface area contributed by atoms with Crippen molar-refractivity contribution in [2.45, 2.75) is 6.92 Å². The molecule has 0 spiro atoms. The molecular formula is C17H19NO4. The second-order valence-electron chi connectivity index (χ2n) is 4.72. The van der Waals surface area contributed by atoms with Crippen LogP contribution in [0.15, 0.2) is 42.5 Å². The summed E-state index contributed by atoms with van der Waals surface area (Å²) in [7, 11) is 3.11. The summed E-state index contributed by atoms with van der Waals surface area (Å²) in [5.41, 5.74) is 1.68. The van der Waals surface area contributed by atoms with Crippen LogP contribution >= 0.6 is 0 Å². The van der Waals surface area contributed by atoms with E-state index in [9.17, 15) is 4.79 Å². The highest BCUT2D eigenvalue weighted by Gasteiger charge is 2.09. The van der Waals surface area contributed by atoms with E-state index in [0.29, 0.717) is 22.9 Å². The molecule has 0 bridgehead atoms. The fraction of sp³-hybridized carbons (Fsp3) is 0.235. The number of anilines is 1. The molecule has 116 valence electrons. The van der Waals surface area contributed by atoms with E-state index in [1.807, 2.05) is 31.2 Å². The zero-order chi connectivity index (χ0) is 15.9. The number of hydrogen-bond donors (Lipinski definition) is 1. The number of nitrogens with one attached hydrogen (secondary N) is 1. The Hall–Kier alpha value is -2.69. The number of ether oxygens (including phenoxy) is 3. The van der Waals surface area contributed by atoms with Crippen LogP contribution in [0.1, 0.15) is 5.56 Å². The van der Waals surface area contributed by atoms with Gasteiger partial charge in [0.25, 0.3) is 5.91 Å². The van der Waals surface area contributed by atoms with Crippen molar-refractivity contribution in [1.82, 2.24) is 0 Å². The van der Waals surface area contributed by atoms with Gasteiger partial charge in [-0.25, -0.2) is 0 Å². The van der Waals surface area contributed by atoms with Crippen molar-refractivity contribution >= 4 is 11.6 Å². The highest BCUT2D eigenvalue weighted by Crippen LogP contribution is 2.28. The van der Waals surface area contributed by atoms with Gasteiger partial charge in [0.2, 0.25) is 0 Å². The minimum Gasteiger partial charge on any atom is -0.497 e. The first-order valence-electron chi connectivity index (χ1n) is 6.83. The summed E-state index contributed by atoms with van der Waals surface area (Å²) in [4.78, 5) is 12.0. The molecule has 2 rings (SSSR count). The third kappa shape index (κ3) is 4.15. The first-order valence-corrected chi connectivity index (χ1v) is 6.83. The zero-order valence-electron chi connectivity index (χ0n) is 12.9. The molecule has 1 N–H and O–H groups in total. The van der Waals surface area contributed by atoms with Gasteiger partial charge in [-0.1, -0.05) is 17.7 Å². The van der Waals surface area contributed by atoms with Crippen LogP contribution in [0, 0.1) is 6.92 Å². The fourth-order valence-electron chi connectivity index (χ4n) is 1.88. The van der Waals surface area contributed by atoms with Crippen molar-refractivity contribution in [2.75, 3.05) is 26.1 Å². The summed E-state index contributed by atoms with van der Waals surface area (Å²) < 4.78 is 15.8. The lowest BCUT2D eigenvalue weighted by molar-refractivity contribution is -0.118. The first-order chi connectivity index (χ1) is 10.6. The smallest absolute Gasteiger partial charge is 0.262 e. The minimum absolute atomic E-state index is 0.0799. The summed E-state index contributed by atoms with van der Waals surface area (Å²) in [6, 6.07) is 12.7. The second kappa shape index (κ2) is 7.36. The Bertz CT molecular complexity index is 638. The van der Waals surface area contributed by atoms with Gasteiger partial charge in [-0.05, 0) is 31.2 Å². The van der Waals surface area contributed by atoms with E-state index in [1.54, 1.807) is 32.4 Å². The predicted octanol–water partition coefficient (Wildman–Crippen LogP) is 3.03. The Balaban J connectivity index is 1.98. The van der Waals surface area contributed by atoms with Gasteiger partial charge in [-0.3, -0.25) is 4.79 Å². The van der Waals surface area contributed by atoms with E-state index in [-0.39, 0.29) is 12.5 Å². The SMILES string of the molecule is COc1ccc(OC)c(NC(=O)COc2ccc(C)cc2)c1. The average Bonchev–Trinajstić information content (AvgIpc) is 2.54. The van der Waals surface area contributed by atoms with Crippen LogP contribution in [0.5, 0.6) is 17.2 Å². The van der Waals surface area contributed by atoms with Crippen LogP contribution in [0.4, 0.5) is 5.69 Å². The number of carbonyl (C=O) groups excluding carboxylic acids is 1. The van der Waals surface area contributed by atoms with Gasteiger partial charge >= 0.3 is 0 Å². The van der Waals surface area contributed by atoms with E-state index in [4.69, 9.17) is 14.2 Å². The Morgan fingerprint density at radius 3 is 2.32 bits per heavy atom. The predicted molar refractivity (Wildman–Crippen MR) is 84.8 cm³/mol. The fourth-order valence-corrected chi connectivity index (χ4v) is 1.88. The molecule has 0 aromatic heterocycles. The summed E-state index contributed by atoms with van der Waals surface area (Å²) in [6.07, 6.45) is 0.